The van der Waals surface area contributed by atoms with Gasteiger partial charge in [0, 0.05) is 11.1 Å². The van der Waals surface area contributed by atoms with E-state index < -0.39 is 9.84 Å². The highest BCUT2D eigenvalue weighted by atomic mass is 32.2. The van der Waals surface area contributed by atoms with E-state index in [1.54, 1.807) is 24.3 Å². The van der Waals surface area contributed by atoms with Gasteiger partial charge in [0.15, 0.2) is 0 Å². The Morgan fingerprint density at radius 1 is 0.618 bits per heavy atom. The van der Waals surface area contributed by atoms with Crippen molar-refractivity contribution in [2.75, 3.05) is 5.73 Å². The molecular formula is C27H26N2O4S. The van der Waals surface area contributed by atoms with Gasteiger partial charge in [0.2, 0.25) is 9.84 Å². The van der Waals surface area contributed by atoms with Crippen LogP contribution < -0.4 is 21.2 Å². The van der Waals surface area contributed by atoms with Gasteiger partial charge in [0.25, 0.3) is 0 Å². The minimum absolute atomic E-state index is 0.188. The molecule has 0 unspecified atom stereocenters. The van der Waals surface area contributed by atoms with Crippen LogP contribution >= 0.6 is 0 Å². The van der Waals surface area contributed by atoms with E-state index in [-0.39, 0.29) is 15.2 Å². The summed E-state index contributed by atoms with van der Waals surface area (Å²) >= 11 is 0. The minimum Gasteiger partial charge on any atom is -0.457 e. The van der Waals surface area contributed by atoms with Gasteiger partial charge in [-0.05, 0) is 83.9 Å². The summed E-state index contributed by atoms with van der Waals surface area (Å²) in [5.41, 5.74) is 8.17. The van der Waals surface area contributed by atoms with Crippen molar-refractivity contribution in [3.8, 4) is 17.2 Å². The van der Waals surface area contributed by atoms with Crippen molar-refractivity contribution in [2.24, 2.45) is 5.90 Å². The lowest BCUT2D eigenvalue weighted by molar-refractivity contribution is 0.334. The van der Waals surface area contributed by atoms with Crippen LogP contribution in [0.15, 0.2) is 107 Å². The summed E-state index contributed by atoms with van der Waals surface area (Å²) in [4.78, 5) is 5.14. The molecule has 0 saturated heterocycles. The first kappa shape index (κ1) is 23.4. The molecule has 6 nitrogen and oxygen atoms in total. The number of hydrogen-bond acceptors (Lipinski definition) is 6. The fourth-order valence-corrected chi connectivity index (χ4v) is 4.92. The molecule has 0 aliphatic heterocycles. The first-order chi connectivity index (χ1) is 16.2. The molecule has 174 valence electrons. The Hall–Kier alpha value is -3.81. The molecule has 4 N–H and O–H groups in total. The highest BCUT2D eigenvalue weighted by molar-refractivity contribution is 7.91. The lowest BCUT2D eigenvalue weighted by atomic mass is 9.78. The number of anilines is 1. The topological polar surface area (TPSA) is 105 Å². The van der Waals surface area contributed by atoms with Crippen molar-refractivity contribution in [1.82, 2.24) is 0 Å². The van der Waals surface area contributed by atoms with Crippen molar-refractivity contribution >= 4 is 15.5 Å². The van der Waals surface area contributed by atoms with Gasteiger partial charge in [0.1, 0.15) is 17.2 Å². The second-order valence-corrected chi connectivity index (χ2v) is 10.4. The average molecular weight is 475 g/mol. The zero-order valence-corrected chi connectivity index (χ0v) is 19.8. The normalized spacial score (nSPS) is 11.7. The van der Waals surface area contributed by atoms with Gasteiger partial charge in [-0.25, -0.2) is 8.42 Å². The number of ether oxygens (including phenoxy) is 1. The van der Waals surface area contributed by atoms with E-state index >= 15 is 0 Å². The third-order valence-electron chi connectivity index (χ3n) is 5.85. The Morgan fingerprint density at radius 2 is 1.00 bits per heavy atom. The minimum atomic E-state index is -3.62. The maximum Gasteiger partial charge on any atom is 0.206 e. The molecule has 0 fully saturated rings. The number of hydrogen-bond donors (Lipinski definition) is 2. The largest absolute Gasteiger partial charge is 0.457 e. The van der Waals surface area contributed by atoms with Crippen LogP contribution in [0.1, 0.15) is 25.0 Å². The molecule has 0 spiro atoms. The number of benzene rings is 4. The van der Waals surface area contributed by atoms with Gasteiger partial charge in [-0.2, -0.15) is 5.90 Å². The maximum atomic E-state index is 12.8. The molecule has 7 heteroatoms. The van der Waals surface area contributed by atoms with Gasteiger partial charge in [-0.3, -0.25) is 0 Å². The van der Waals surface area contributed by atoms with E-state index in [2.05, 4.69) is 13.8 Å². The summed E-state index contributed by atoms with van der Waals surface area (Å²) < 4.78 is 31.5. The van der Waals surface area contributed by atoms with E-state index in [0.29, 0.717) is 22.9 Å². The quantitative estimate of drug-likeness (QED) is 0.272. The number of nitrogen functional groups attached to an aromatic ring is 1. The van der Waals surface area contributed by atoms with E-state index in [1.807, 2.05) is 48.5 Å². The SMILES string of the molecule is CC(C)(c1ccc(ON)cc1)c1ccc(Oc2ccc(S(=O)(=O)c3ccc(N)cc3)cc2)cc1. The van der Waals surface area contributed by atoms with Gasteiger partial charge in [-0.1, -0.05) is 38.1 Å². The Labute approximate surface area is 199 Å². The summed E-state index contributed by atoms with van der Waals surface area (Å²) in [6.07, 6.45) is 0. The molecule has 0 radical (unpaired) electrons. The van der Waals surface area contributed by atoms with Crippen molar-refractivity contribution in [3.05, 3.63) is 108 Å². The van der Waals surface area contributed by atoms with Gasteiger partial charge < -0.3 is 15.3 Å². The summed E-state index contributed by atoms with van der Waals surface area (Å²) in [5.74, 6) is 7.02. The first-order valence-corrected chi connectivity index (χ1v) is 12.1. The second kappa shape index (κ2) is 9.21. The molecule has 0 aromatic heterocycles. The van der Waals surface area contributed by atoms with Crippen LogP contribution in [0.25, 0.3) is 0 Å². The molecule has 4 aromatic rings. The van der Waals surface area contributed by atoms with Crippen LogP contribution in [-0.2, 0) is 15.3 Å². The zero-order valence-electron chi connectivity index (χ0n) is 18.9. The predicted octanol–water partition coefficient (Wildman–Crippen LogP) is 5.47. The van der Waals surface area contributed by atoms with Gasteiger partial charge in [-0.15, -0.1) is 0 Å². The standard InChI is InChI=1S/C27H26N2O4S/c1-27(2,20-5-11-24(33-29)12-6-20)19-3-9-22(10-4-19)32-23-13-17-26(18-14-23)34(30,31)25-15-7-21(28)8-16-25/h3-18H,28-29H2,1-2H3. The molecular weight excluding hydrogens is 448 g/mol. The lowest BCUT2D eigenvalue weighted by Gasteiger charge is -2.26. The molecule has 0 aliphatic carbocycles. The number of nitrogens with two attached hydrogens (primary N) is 2. The summed E-state index contributed by atoms with van der Waals surface area (Å²) in [6, 6.07) is 28.0. The summed E-state index contributed by atoms with van der Waals surface area (Å²) in [5, 5.41) is 0. The third-order valence-corrected chi connectivity index (χ3v) is 7.63. The highest BCUT2D eigenvalue weighted by Gasteiger charge is 2.23. The second-order valence-electron chi connectivity index (χ2n) is 8.44. The van der Waals surface area contributed by atoms with Crippen LogP contribution in [0.2, 0.25) is 0 Å². The molecule has 4 aromatic carbocycles. The first-order valence-electron chi connectivity index (χ1n) is 10.7. The number of sulfone groups is 1. The number of rotatable bonds is 7. The van der Waals surface area contributed by atoms with Crippen LogP contribution in [0.5, 0.6) is 17.2 Å². The fourth-order valence-electron chi connectivity index (χ4n) is 3.66. The molecule has 4 rings (SSSR count). The highest BCUT2D eigenvalue weighted by Crippen LogP contribution is 2.34. The van der Waals surface area contributed by atoms with Crippen LogP contribution in [0.3, 0.4) is 0 Å². The van der Waals surface area contributed by atoms with E-state index in [9.17, 15) is 8.42 Å². The predicted molar refractivity (Wildman–Crippen MR) is 133 cm³/mol. The molecule has 0 saturated carbocycles. The molecule has 0 aliphatic rings. The maximum absolute atomic E-state index is 12.8. The fraction of sp³-hybridized carbons (Fsp3) is 0.111. The van der Waals surface area contributed by atoms with Crippen molar-refractivity contribution < 1.29 is 18.0 Å². The Kier molecular flexibility index (Phi) is 6.32. The van der Waals surface area contributed by atoms with Crippen molar-refractivity contribution in [2.45, 2.75) is 29.1 Å². The van der Waals surface area contributed by atoms with Gasteiger partial charge in [0.05, 0.1) is 9.79 Å². The van der Waals surface area contributed by atoms with Crippen molar-refractivity contribution in [3.63, 3.8) is 0 Å². The monoisotopic (exact) mass is 474 g/mol. The zero-order chi connectivity index (χ0) is 24.3. The van der Waals surface area contributed by atoms with E-state index in [1.165, 1.54) is 24.3 Å². The Balaban J connectivity index is 1.48. The van der Waals surface area contributed by atoms with E-state index in [4.69, 9.17) is 21.2 Å². The van der Waals surface area contributed by atoms with Crippen LogP contribution in [0, 0.1) is 0 Å². The summed E-state index contributed by atoms with van der Waals surface area (Å²) in [7, 11) is -3.62. The Morgan fingerprint density at radius 3 is 1.44 bits per heavy atom. The van der Waals surface area contributed by atoms with Crippen molar-refractivity contribution in [1.29, 1.82) is 0 Å². The average Bonchev–Trinajstić information content (AvgIpc) is 2.85. The van der Waals surface area contributed by atoms with Crippen LogP contribution in [-0.4, -0.2) is 8.42 Å². The summed E-state index contributed by atoms with van der Waals surface area (Å²) in [6.45, 7) is 4.28. The molecule has 0 atom stereocenters. The van der Waals surface area contributed by atoms with E-state index in [0.717, 1.165) is 11.1 Å². The Bertz CT molecular complexity index is 1360. The molecule has 34 heavy (non-hydrogen) atoms. The molecule has 0 heterocycles. The van der Waals surface area contributed by atoms with Gasteiger partial charge >= 0.3 is 0 Å². The molecule has 0 bridgehead atoms. The smallest absolute Gasteiger partial charge is 0.206 e. The lowest BCUT2D eigenvalue weighted by Crippen LogP contribution is -2.18. The third kappa shape index (κ3) is 4.76. The van der Waals surface area contributed by atoms with Crippen LogP contribution in [0.4, 0.5) is 5.69 Å². The molecule has 0 amide bonds.